The fraction of sp³-hybridized carbons (Fsp3) is 0.333. The van der Waals surface area contributed by atoms with Crippen molar-refractivity contribution in [2.24, 2.45) is 0 Å². The molecule has 0 bridgehead atoms. The lowest BCUT2D eigenvalue weighted by atomic mass is 10.2. The van der Waals surface area contributed by atoms with Crippen molar-refractivity contribution in [1.82, 2.24) is 4.98 Å². The summed E-state index contributed by atoms with van der Waals surface area (Å²) in [6, 6.07) is 7.13. The highest BCUT2D eigenvalue weighted by molar-refractivity contribution is 7.94. The highest BCUT2D eigenvalue weighted by Crippen LogP contribution is 2.29. The van der Waals surface area contributed by atoms with Crippen LogP contribution in [0.4, 0.5) is 0 Å². The molecule has 1 atom stereocenters. The van der Waals surface area contributed by atoms with Crippen LogP contribution in [0.5, 0.6) is 0 Å². The first kappa shape index (κ1) is 16.5. The third-order valence-electron chi connectivity index (χ3n) is 3.06. The van der Waals surface area contributed by atoms with Gasteiger partial charge >= 0.3 is 5.97 Å². The fourth-order valence-electron chi connectivity index (χ4n) is 1.95. The molecule has 0 aliphatic carbocycles. The van der Waals surface area contributed by atoms with E-state index in [1.165, 1.54) is 7.11 Å². The summed E-state index contributed by atoms with van der Waals surface area (Å²) in [6.07, 6.45) is 0.395. The molecule has 0 radical (unpaired) electrons. The molecular formula is C15H15NO4S2. The number of rotatable bonds is 5. The van der Waals surface area contributed by atoms with E-state index in [9.17, 15) is 13.2 Å². The second-order valence-corrected chi connectivity index (χ2v) is 7.80. The molecule has 0 fully saturated rings. The first-order valence-corrected chi connectivity index (χ1v) is 8.94. The Bertz CT molecular complexity index is 810. The van der Waals surface area contributed by atoms with E-state index in [2.05, 4.69) is 21.6 Å². The summed E-state index contributed by atoms with van der Waals surface area (Å²) in [5.41, 5.74) is 0.600. The zero-order valence-corrected chi connectivity index (χ0v) is 13.8. The van der Waals surface area contributed by atoms with E-state index in [0.717, 1.165) is 16.0 Å². The van der Waals surface area contributed by atoms with E-state index in [1.54, 1.807) is 25.1 Å². The van der Waals surface area contributed by atoms with Crippen LogP contribution < -0.4 is 0 Å². The first-order chi connectivity index (χ1) is 10.5. The van der Waals surface area contributed by atoms with Crippen LogP contribution in [-0.4, -0.2) is 31.7 Å². The van der Waals surface area contributed by atoms with Crippen LogP contribution in [0.15, 0.2) is 28.6 Å². The van der Waals surface area contributed by atoms with Crippen LogP contribution in [0.3, 0.4) is 0 Å². The fourth-order valence-corrected chi connectivity index (χ4v) is 4.98. The van der Waals surface area contributed by atoms with Gasteiger partial charge in [-0.25, -0.2) is 13.4 Å². The number of thiazole rings is 1. The number of benzene rings is 1. The van der Waals surface area contributed by atoms with Crippen molar-refractivity contribution in [3.63, 3.8) is 0 Å². The predicted octanol–water partition coefficient (Wildman–Crippen LogP) is 2.42. The van der Waals surface area contributed by atoms with Gasteiger partial charge in [0.1, 0.15) is 0 Å². The zero-order valence-electron chi connectivity index (χ0n) is 12.2. The maximum atomic E-state index is 12.7. The highest BCUT2D eigenvalue weighted by Gasteiger charge is 2.36. The number of hydrogen-bond acceptors (Lipinski definition) is 6. The normalized spacial score (nSPS) is 12.5. The molecule has 116 valence electrons. The molecular weight excluding hydrogens is 322 g/mol. The summed E-state index contributed by atoms with van der Waals surface area (Å²) in [6.45, 7) is 1.66. The Hall–Kier alpha value is -1.91. The number of sulfone groups is 1. The highest BCUT2D eigenvalue weighted by atomic mass is 32.2. The Labute approximate surface area is 133 Å². The second-order valence-electron chi connectivity index (χ2n) is 4.47. The average Bonchev–Trinajstić information content (AvgIpc) is 2.95. The molecule has 0 amide bonds. The number of para-hydroxylation sites is 1. The molecule has 0 aliphatic heterocycles. The minimum Gasteiger partial charge on any atom is -0.468 e. The topological polar surface area (TPSA) is 73.3 Å². The smallest absolute Gasteiger partial charge is 0.324 e. The van der Waals surface area contributed by atoms with Crippen LogP contribution in [-0.2, 0) is 19.4 Å². The zero-order chi connectivity index (χ0) is 16.2. The summed E-state index contributed by atoms with van der Waals surface area (Å²) >= 11 is 1.06. The van der Waals surface area contributed by atoms with E-state index in [1.807, 2.05) is 6.07 Å². The molecule has 0 saturated carbocycles. The Morgan fingerprint density at radius 3 is 2.77 bits per heavy atom. The lowest BCUT2D eigenvalue weighted by Crippen LogP contribution is -2.31. The van der Waals surface area contributed by atoms with Gasteiger partial charge in [0.25, 0.3) is 0 Å². The standard InChI is InChI=1S/C15H15NO4S2/c1-3-4-5-10-13(14(17)20-2)22(18,19)15-16-11-8-6-7-9-12(11)21-15/h6-9,13H,5,10H2,1-2H3. The number of nitrogens with zero attached hydrogens (tertiary/aromatic N) is 1. The molecule has 0 aliphatic rings. The van der Waals surface area contributed by atoms with Gasteiger partial charge in [0, 0.05) is 6.42 Å². The van der Waals surface area contributed by atoms with E-state index in [0.29, 0.717) is 11.9 Å². The number of methoxy groups -OCH3 is 1. The number of ether oxygens (including phenoxy) is 1. The van der Waals surface area contributed by atoms with Crippen molar-refractivity contribution in [1.29, 1.82) is 0 Å². The number of esters is 1. The summed E-state index contributed by atoms with van der Waals surface area (Å²) in [5.74, 6) is 4.67. The van der Waals surface area contributed by atoms with Crippen LogP contribution in [0.25, 0.3) is 10.2 Å². The van der Waals surface area contributed by atoms with Crippen molar-refractivity contribution >= 4 is 37.4 Å². The van der Waals surface area contributed by atoms with E-state index >= 15 is 0 Å². The molecule has 22 heavy (non-hydrogen) atoms. The SMILES string of the molecule is CC#CCCC(C(=O)OC)S(=O)(=O)c1nc2ccccc2s1. The van der Waals surface area contributed by atoms with E-state index in [4.69, 9.17) is 0 Å². The maximum absolute atomic E-state index is 12.7. The molecule has 0 N–H and O–H groups in total. The molecule has 0 spiro atoms. The molecule has 7 heteroatoms. The van der Waals surface area contributed by atoms with Gasteiger partial charge in [-0.1, -0.05) is 12.1 Å². The van der Waals surface area contributed by atoms with E-state index in [-0.39, 0.29) is 10.8 Å². The van der Waals surface area contributed by atoms with Crippen molar-refractivity contribution in [3.05, 3.63) is 24.3 Å². The quantitative estimate of drug-likeness (QED) is 0.619. The minimum absolute atomic E-state index is 0.0615. The predicted molar refractivity (Wildman–Crippen MR) is 85.3 cm³/mol. The number of carbonyl (C=O) groups is 1. The summed E-state index contributed by atoms with van der Waals surface area (Å²) in [7, 11) is -2.71. The van der Waals surface area contributed by atoms with Gasteiger partial charge in [-0.2, -0.15) is 0 Å². The summed E-state index contributed by atoms with van der Waals surface area (Å²) in [5, 5.41) is -1.28. The lowest BCUT2D eigenvalue weighted by Gasteiger charge is -2.12. The molecule has 1 aromatic heterocycles. The summed E-state index contributed by atoms with van der Waals surface area (Å²) < 4.78 is 30.7. The lowest BCUT2D eigenvalue weighted by molar-refractivity contribution is -0.140. The van der Waals surface area contributed by atoms with Gasteiger partial charge in [-0.15, -0.1) is 23.2 Å². The van der Waals surface area contributed by atoms with Gasteiger partial charge in [0.2, 0.25) is 14.2 Å². The van der Waals surface area contributed by atoms with Crippen LogP contribution in [0, 0.1) is 11.8 Å². The van der Waals surface area contributed by atoms with Crippen molar-refractivity contribution in [2.75, 3.05) is 7.11 Å². The maximum Gasteiger partial charge on any atom is 0.324 e. The van der Waals surface area contributed by atoms with Crippen LogP contribution >= 0.6 is 11.3 Å². The number of fused-ring (bicyclic) bond motifs is 1. The van der Waals surface area contributed by atoms with Crippen LogP contribution in [0.1, 0.15) is 19.8 Å². The largest absolute Gasteiger partial charge is 0.468 e. The van der Waals surface area contributed by atoms with Crippen molar-refractivity contribution in [3.8, 4) is 11.8 Å². The summed E-state index contributed by atoms with van der Waals surface area (Å²) in [4.78, 5) is 16.0. The number of aromatic nitrogens is 1. The molecule has 2 aromatic rings. The van der Waals surface area contributed by atoms with Crippen molar-refractivity contribution < 1.29 is 17.9 Å². The molecule has 1 aromatic carbocycles. The van der Waals surface area contributed by atoms with E-state index < -0.39 is 21.1 Å². The number of carbonyl (C=O) groups excluding carboxylic acids is 1. The van der Waals surface area contributed by atoms with Crippen molar-refractivity contribution in [2.45, 2.75) is 29.4 Å². The van der Waals surface area contributed by atoms with Gasteiger partial charge < -0.3 is 4.74 Å². The van der Waals surface area contributed by atoms with Gasteiger partial charge in [0.15, 0.2) is 5.25 Å². The molecule has 5 nitrogen and oxygen atoms in total. The third kappa shape index (κ3) is 3.29. The molecule has 2 rings (SSSR count). The second kappa shape index (κ2) is 6.90. The van der Waals surface area contributed by atoms with Gasteiger partial charge in [0.05, 0.1) is 17.3 Å². The molecule has 1 unspecified atom stereocenters. The van der Waals surface area contributed by atoms with Gasteiger partial charge in [-0.3, -0.25) is 4.79 Å². The first-order valence-electron chi connectivity index (χ1n) is 6.57. The monoisotopic (exact) mass is 337 g/mol. The minimum atomic E-state index is -3.89. The molecule has 1 heterocycles. The average molecular weight is 337 g/mol. The Balaban J connectivity index is 2.42. The Morgan fingerprint density at radius 1 is 1.41 bits per heavy atom. The van der Waals surface area contributed by atoms with Crippen LogP contribution in [0.2, 0.25) is 0 Å². The Morgan fingerprint density at radius 2 is 2.14 bits per heavy atom. The molecule has 0 saturated heterocycles. The number of hydrogen-bond donors (Lipinski definition) is 0. The third-order valence-corrected chi connectivity index (χ3v) is 6.60. The van der Waals surface area contributed by atoms with Gasteiger partial charge in [-0.05, 0) is 25.5 Å². The Kier molecular flexibility index (Phi) is 5.16.